The third-order valence-corrected chi connectivity index (χ3v) is 19.7. The molecule has 8 bridgehead atoms. The largest absolute Gasteiger partial charge is 0.331 e. The van der Waals surface area contributed by atoms with Crippen molar-refractivity contribution >= 4 is 15.2 Å². The van der Waals surface area contributed by atoms with Crippen LogP contribution in [0.1, 0.15) is 141 Å². The van der Waals surface area contributed by atoms with Gasteiger partial charge in [-0.15, -0.1) is 0 Å². The molecule has 0 saturated heterocycles. The summed E-state index contributed by atoms with van der Waals surface area (Å²) in [4.78, 5) is 4.64. The molecule has 0 spiro atoms. The zero-order valence-corrected chi connectivity index (χ0v) is 39.7. The minimum atomic E-state index is -3.29. The number of hydrogen-bond donors (Lipinski definition) is 4. The summed E-state index contributed by atoms with van der Waals surface area (Å²) in [5.74, 6) is 5.35. The first-order chi connectivity index (χ1) is 29.1. The Kier molecular flexibility index (Phi) is 20.2. The molecule has 12 nitrogen and oxygen atoms in total. The Morgan fingerprint density at radius 1 is 0.400 bits per heavy atom. The van der Waals surface area contributed by atoms with Gasteiger partial charge in [-0.3, -0.25) is 9.13 Å². The van der Waals surface area contributed by atoms with Gasteiger partial charge in [-0.05, 0) is 227 Å². The SMILES string of the molecule is NCCCN(CCCN)CCP(=O)(OCCCCCCOP(=O)(CCN(CCCN)CCCN)OCCC12CC3CC(CC(C3)C1)C2)OCCC12CC3CC(CC(C3)C1)C2. The van der Waals surface area contributed by atoms with Crippen LogP contribution < -0.4 is 22.9 Å². The maximum absolute atomic E-state index is 14.4. The number of nitrogens with zero attached hydrogens (tertiary/aromatic N) is 2. The van der Waals surface area contributed by atoms with E-state index in [0.29, 0.717) is 88.8 Å². The van der Waals surface area contributed by atoms with Crippen LogP contribution in [0.4, 0.5) is 0 Å². The Balaban J connectivity index is 0.950. The normalized spacial score (nSPS) is 32.4. The molecule has 0 heterocycles. The fourth-order valence-electron chi connectivity index (χ4n) is 13.8. The van der Waals surface area contributed by atoms with Crippen molar-refractivity contribution in [2.45, 2.75) is 141 Å². The van der Waals surface area contributed by atoms with Crippen LogP contribution in [-0.4, -0.2) is 114 Å². The lowest BCUT2D eigenvalue weighted by Gasteiger charge is -2.57. The number of unbranched alkanes of at least 4 members (excludes halogenated alkanes) is 3. The first-order valence-electron chi connectivity index (χ1n) is 25.1. The molecule has 8 aliphatic rings. The van der Waals surface area contributed by atoms with Crippen LogP contribution in [0, 0.1) is 46.3 Å². The molecule has 14 heteroatoms. The van der Waals surface area contributed by atoms with Crippen LogP contribution in [-0.2, 0) is 27.2 Å². The molecule has 8 saturated carbocycles. The summed E-state index contributed by atoms with van der Waals surface area (Å²) in [6.45, 7) is 9.20. The van der Waals surface area contributed by atoms with Gasteiger partial charge in [0, 0.05) is 13.1 Å². The molecule has 2 atom stereocenters. The van der Waals surface area contributed by atoms with Gasteiger partial charge < -0.3 is 50.8 Å². The smallest absolute Gasteiger partial charge is 0.330 e. The second-order valence-corrected chi connectivity index (χ2v) is 25.4. The summed E-state index contributed by atoms with van der Waals surface area (Å²) in [6.07, 6.45) is 26.3. The third kappa shape index (κ3) is 15.3. The van der Waals surface area contributed by atoms with Crippen molar-refractivity contribution in [1.82, 2.24) is 9.80 Å². The van der Waals surface area contributed by atoms with Gasteiger partial charge in [0.05, 0.1) is 38.8 Å². The fraction of sp³-hybridized carbons (Fsp3) is 1.00. The van der Waals surface area contributed by atoms with Crippen LogP contribution in [0.15, 0.2) is 0 Å². The summed E-state index contributed by atoms with van der Waals surface area (Å²) < 4.78 is 54.0. The van der Waals surface area contributed by atoms with Crippen molar-refractivity contribution < 1.29 is 27.2 Å². The van der Waals surface area contributed by atoms with Crippen LogP contribution in [0.2, 0.25) is 0 Å². The number of nitrogens with two attached hydrogens (primary N) is 4. The van der Waals surface area contributed by atoms with E-state index < -0.39 is 15.2 Å². The summed E-state index contributed by atoms with van der Waals surface area (Å²) in [6, 6.07) is 0. The maximum atomic E-state index is 14.4. The molecule has 2 unspecified atom stereocenters. The third-order valence-electron chi connectivity index (χ3n) is 15.9. The standard InChI is InChI=1S/C46H90N6O6P2/c47-11-5-15-51(16-6-12-48)19-25-59(53,57-23-9-45-33-39-27-40(34-45)29-41(28-39)35-45)55-21-3-1-2-4-22-56-60(54,26-20-52(17-7-13-49)18-8-14-50)58-24-10-46-36-42-30-43(37-46)32-44(31-42)38-46/h39-44H,1-38,47-50H2. The van der Waals surface area contributed by atoms with Gasteiger partial charge >= 0.3 is 15.2 Å². The van der Waals surface area contributed by atoms with Gasteiger partial charge in [-0.25, -0.2) is 0 Å². The highest BCUT2D eigenvalue weighted by atomic mass is 31.2. The first kappa shape index (κ1) is 49.5. The van der Waals surface area contributed by atoms with E-state index in [1.165, 1.54) is 77.0 Å². The Morgan fingerprint density at radius 2 is 0.683 bits per heavy atom. The van der Waals surface area contributed by atoms with Crippen molar-refractivity contribution in [3.63, 3.8) is 0 Å². The molecule has 0 aromatic rings. The molecule has 8 fully saturated rings. The molecule has 0 aliphatic heterocycles. The quantitative estimate of drug-likeness (QED) is 0.0354. The summed E-state index contributed by atoms with van der Waals surface area (Å²) in [5.41, 5.74) is 24.2. The first-order valence-corrected chi connectivity index (χ1v) is 28.5. The van der Waals surface area contributed by atoms with E-state index in [1.807, 2.05) is 0 Å². The molecule has 350 valence electrons. The summed E-state index contributed by atoms with van der Waals surface area (Å²) >= 11 is 0. The van der Waals surface area contributed by atoms with Gasteiger partial charge in [-0.2, -0.15) is 0 Å². The molecular formula is C46H90N6O6P2. The van der Waals surface area contributed by atoms with Gasteiger partial charge in [0.1, 0.15) is 0 Å². The fourth-order valence-corrected chi connectivity index (χ4v) is 17.0. The monoisotopic (exact) mass is 885 g/mol. The predicted octanol–water partition coefficient (Wildman–Crippen LogP) is 8.21. The van der Waals surface area contributed by atoms with E-state index in [-0.39, 0.29) is 0 Å². The number of rotatable bonds is 35. The average Bonchev–Trinajstić information content (AvgIpc) is 3.20. The van der Waals surface area contributed by atoms with Crippen molar-refractivity contribution in [1.29, 1.82) is 0 Å². The van der Waals surface area contributed by atoms with Gasteiger partial charge in [0.2, 0.25) is 0 Å². The van der Waals surface area contributed by atoms with Gasteiger partial charge in [0.25, 0.3) is 0 Å². The lowest BCUT2D eigenvalue weighted by Crippen LogP contribution is -2.46. The van der Waals surface area contributed by atoms with E-state index in [4.69, 9.17) is 41.0 Å². The second-order valence-electron chi connectivity index (χ2n) is 21.0. The minimum Gasteiger partial charge on any atom is -0.330 e. The molecule has 0 aromatic carbocycles. The van der Waals surface area contributed by atoms with Crippen molar-refractivity contribution in [2.24, 2.45) is 69.3 Å². The Morgan fingerprint density at radius 3 is 0.967 bits per heavy atom. The highest BCUT2D eigenvalue weighted by Gasteiger charge is 2.52. The van der Waals surface area contributed by atoms with Crippen LogP contribution in [0.3, 0.4) is 0 Å². The minimum absolute atomic E-state index is 0.383. The molecule has 8 N–H and O–H groups in total. The molecule has 8 aliphatic carbocycles. The highest BCUT2D eigenvalue weighted by Crippen LogP contribution is 2.63. The number of hydrogen-bond acceptors (Lipinski definition) is 12. The topological polar surface area (TPSA) is 182 Å². The zero-order valence-electron chi connectivity index (χ0n) is 37.9. The summed E-state index contributed by atoms with van der Waals surface area (Å²) in [7, 11) is -6.58. The maximum Gasteiger partial charge on any atom is 0.331 e. The van der Waals surface area contributed by atoms with Gasteiger partial charge in [-0.1, -0.05) is 12.8 Å². The Hall–Kier alpha value is 0.0600. The van der Waals surface area contributed by atoms with Crippen molar-refractivity contribution in [2.75, 3.05) is 104 Å². The van der Waals surface area contributed by atoms with E-state index >= 15 is 0 Å². The lowest BCUT2D eigenvalue weighted by molar-refractivity contribution is -0.0630. The Bertz CT molecular complexity index is 1160. The summed E-state index contributed by atoms with van der Waals surface area (Å²) in [5, 5.41) is 0. The van der Waals surface area contributed by atoms with E-state index in [2.05, 4.69) is 9.80 Å². The highest BCUT2D eigenvalue weighted by molar-refractivity contribution is 7.54. The van der Waals surface area contributed by atoms with Crippen molar-refractivity contribution in [3.05, 3.63) is 0 Å². The molecule has 8 rings (SSSR count). The van der Waals surface area contributed by atoms with Gasteiger partial charge in [0.15, 0.2) is 0 Å². The predicted molar refractivity (Wildman–Crippen MR) is 245 cm³/mol. The van der Waals surface area contributed by atoms with Crippen LogP contribution in [0.25, 0.3) is 0 Å². The lowest BCUT2D eigenvalue weighted by atomic mass is 9.49. The molecule has 0 aromatic heterocycles. The molecule has 0 radical (unpaired) electrons. The second kappa shape index (κ2) is 24.5. The van der Waals surface area contributed by atoms with E-state index in [9.17, 15) is 9.13 Å². The molecule has 60 heavy (non-hydrogen) atoms. The van der Waals surface area contributed by atoms with E-state index in [1.54, 1.807) is 0 Å². The van der Waals surface area contributed by atoms with E-state index in [0.717, 1.165) is 126 Å². The zero-order chi connectivity index (χ0) is 42.3. The van der Waals surface area contributed by atoms with Crippen LogP contribution >= 0.6 is 15.2 Å². The molecule has 0 amide bonds. The average molecular weight is 885 g/mol. The molecular weight excluding hydrogens is 794 g/mol. The van der Waals surface area contributed by atoms with Crippen molar-refractivity contribution in [3.8, 4) is 0 Å². The van der Waals surface area contributed by atoms with Crippen LogP contribution in [0.5, 0.6) is 0 Å². The Labute approximate surface area is 365 Å².